The number of nitrogens with one attached hydrogen (secondary N) is 1. The molecule has 0 aliphatic carbocycles. The van der Waals surface area contributed by atoms with Crippen molar-refractivity contribution in [2.24, 2.45) is 0 Å². The molecule has 0 radical (unpaired) electrons. The van der Waals surface area contributed by atoms with E-state index in [-0.39, 0.29) is 11.4 Å². The van der Waals surface area contributed by atoms with Crippen molar-refractivity contribution in [2.45, 2.75) is 18.4 Å². The first kappa shape index (κ1) is 12.3. The fourth-order valence-electron chi connectivity index (χ4n) is 2.04. The first-order valence-corrected chi connectivity index (χ1v) is 5.88. The van der Waals surface area contributed by atoms with E-state index in [9.17, 15) is 4.39 Å². The Labute approximate surface area is 101 Å². The quantitative estimate of drug-likeness (QED) is 0.871. The van der Waals surface area contributed by atoms with E-state index in [0.29, 0.717) is 12.4 Å². The zero-order valence-corrected chi connectivity index (χ0v) is 10.0. The van der Waals surface area contributed by atoms with Crippen LogP contribution in [0.5, 0.6) is 5.75 Å². The molecule has 0 amide bonds. The topological polar surface area (TPSA) is 30.5 Å². The Kier molecular flexibility index (Phi) is 3.97. The van der Waals surface area contributed by atoms with Gasteiger partial charge in [0.05, 0.1) is 0 Å². The summed E-state index contributed by atoms with van der Waals surface area (Å²) < 4.78 is 24.0. The largest absolute Gasteiger partial charge is 0.491 e. The highest BCUT2D eigenvalue weighted by Gasteiger charge is 2.32. The summed E-state index contributed by atoms with van der Waals surface area (Å²) in [6, 6.07) is 6.06. The van der Waals surface area contributed by atoms with Crippen molar-refractivity contribution in [3.63, 3.8) is 0 Å². The second-order valence-electron chi connectivity index (χ2n) is 4.41. The van der Waals surface area contributed by atoms with E-state index in [1.54, 1.807) is 19.2 Å². The molecule has 0 spiro atoms. The van der Waals surface area contributed by atoms with Crippen molar-refractivity contribution in [1.82, 2.24) is 5.32 Å². The Morgan fingerprint density at radius 2 is 2.12 bits per heavy atom. The minimum absolute atomic E-state index is 0.252. The lowest BCUT2D eigenvalue weighted by molar-refractivity contribution is -0.0588. The van der Waals surface area contributed by atoms with Crippen molar-refractivity contribution in [1.29, 1.82) is 0 Å². The maximum Gasteiger partial charge on any atom is 0.123 e. The van der Waals surface area contributed by atoms with Crippen molar-refractivity contribution in [2.75, 3.05) is 26.8 Å². The lowest BCUT2D eigenvalue weighted by Gasteiger charge is -2.36. The molecule has 1 fully saturated rings. The third kappa shape index (κ3) is 3.17. The first-order chi connectivity index (χ1) is 8.24. The predicted molar refractivity (Wildman–Crippen MR) is 63.7 cm³/mol. The molecule has 3 nitrogen and oxygen atoms in total. The summed E-state index contributed by atoms with van der Waals surface area (Å²) in [5.74, 6) is 0.423. The van der Waals surface area contributed by atoms with Gasteiger partial charge in [-0.05, 0) is 43.7 Å². The number of hydrogen-bond donors (Lipinski definition) is 1. The molecule has 1 unspecified atom stereocenters. The summed E-state index contributed by atoms with van der Waals surface area (Å²) in [5.41, 5.74) is -0.257. The van der Waals surface area contributed by atoms with Crippen LogP contribution < -0.4 is 10.1 Å². The van der Waals surface area contributed by atoms with E-state index in [1.165, 1.54) is 12.1 Å². The summed E-state index contributed by atoms with van der Waals surface area (Å²) in [6.45, 7) is 2.31. The molecule has 1 heterocycles. The van der Waals surface area contributed by atoms with Gasteiger partial charge in [-0.1, -0.05) is 0 Å². The van der Waals surface area contributed by atoms with Gasteiger partial charge in [-0.25, -0.2) is 4.39 Å². The van der Waals surface area contributed by atoms with E-state index >= 15 is 0 Å². The number of halogens is 1. The lowest BCUT2D eigenvalue weighted by atomic mass is 9.95. The third-order valence-electron chi connectivity index (χ3n) is 3.18. The van der Waals surface area contributed by atoms with Crippen molar-refractivity contribution >= 4 is 0 Å². The number of ether oxygens (including phenoxy) is 2. The van der Waals surface area contributed by atoms with Gasteiger partial charge in [-0.15, -0.1) is 0 Å². The molecule has 4 heteroatoms. The average molecular weight is 239 g/mol. The number of piperidine rings is 1. The Bertz CT molecular complexity index is 347. The summed E-state index contributed by atoms with van der Waals surface area (Å²) in [7, 11) is 1.71. The van der Waals surface area contributed by atoms with Crippen LogP contribution in [0.4, 0.5) is 4.39 Å². The molecule has 1 aliphatic heterocycles. The molecule has 2 rings (SSSR count). The Hall–Kier alpha value is -1.13. The fourth-order valence-corrected chi connectivity index (χ4v) is 2.04. The van der Waals surface area contributed by atoms with Gasteiger partial charge < -0.3 is 14.8 Å². The van der Waals surface area contributed by atoms with E-state index in [0.717, 1.165) is 25.9 Å². The second kappa shape index (κ2) is 5.47. The van der Waals surface area contributed by atoms with Crippen LogP contribution in [-0.2, 0) is 4.74 Å². The van der Waals surface area contributed by atoms with Crippen LogP contribution in [0.2, 0.25) is 0 Å². The standard InChI is InChI=1S/C13H18FNO2/c1-16-13(7-2-8-15-9-13)10-17-12-5-3-11(14)4-6-12/h3-6,15H,2,7-10H2,1H3. The zero-order chi connectivity index (χ0) is 12.1. The maximum atomic E-state index is 12.7. The normalized spacial score (nSPS) is 24.6. The summed E-state index contributed by atoms with van der Waals surface area (Å²) >= 11 is 0. The molecule has 1 aliphatic rings. The van der Waals surface area contributed by atoms with E-state index < -0.39 is 0 Å². The molecule has 17 heavy (non-hydrogen) atoms. The van der Waals surface area contributed by atoms with Crippen LogP contribution in [0.1, 0.15) is 12.8 Å². The second-order valence-corrected chi connectivity index (χ2v) is 4.41. The van der Waals surface area contributed by atoms with Crippen LogP contribution in [0.25, 0.3) is 0 Å². The van der Waals surface area contributed by atoms with Gasteiger partial charge >= 0.3 is 0 Å². The number of methoxy groups -OCH3 is 1. The van der Waals surface area contributed by atoms with Gasteiger partial charge in [0.15, 0.2) is 0 Å². The van der Waals surface area contributed by atoms with Crippen molar-refractivity contribution in [3.05, 3.63) is 30.1 Å². The van der Waals surface area contributed by atoms with Gasteiger partial charge in [-0.2, -0.15) is 0 Å². The number of hydrogen-bond acceptors (Lipinski definition) is 3. The molecule has 1 atom stereocenters. The van der Waals surface area contributed by atoms with Crippen LogP contribution in [0, 0.1) is 5.82 Å². The summed E-state index contributed by atoms with van der Waals surface area (Å²) in [4.78, 5) is 0. The molecular formula is C13H18FNO2. The van der Waals surface area contributed by atoms with E-state index in [1.807, 2.05) is 0 Å². The van der Waals surface area contributed by atoms with E-state index in [2.05, 4.69) is 5.32 Å². The molecular weight excluding hydrogens is 221 g/mol. The Morgan fingerprint density at radius 1 is 1.35 bits per heavy atom. The number of benzene rings is 1. The highest BCUT2D eigenvalue weighted by atomic mass is 19.1. The van der Waals surface area contributed by atoms with Crippen LogP contribution in [0.15, 0.2) is 24.3 Å². The van der Waals surface area contributed by atoms with Gasteiger partial charge in [-0.3, -0.25) is 0 Å². The summed E-state index contributed by atoms with van der Waals surface area (Å²) in [5, 5.41) is 3.31. The van der Waals surface area contributed by atoms with Gasteiger partial charge in [0.2, 0.25) is 0 Å². The maximum absolute atomic E-state index is 12.7. The van der Waals surface area contributed by atoms with Gasteiger partial charge in [0.1, 0.15) is 23.8 Å². The van der Waals surface area contributed by atoms with Gasteiger partial charge in [0, 0.05) is 13.7 Å². The Balaban J connectivity index is 1.93. The van der Waals surface area contributed by atoms with Crippen LogP contribution >= 0.6 is 0 Å². The SMILES string of the molecule is COC1(COc2ccc(F)cc2)CCCNC1. The molecule has 1 N–H and O–H groups in total. The van der Waals surface area contributed by atoms with Gasteiger partial charge in [0.25, 0.3) is 0 Å². The third-order valence-corrected chi connectivity index (χ3v) is 3.18. The molecule has 1 saturated heterocycles. The highest BCUT2D eigenvalue weighted by Crippen LogP contribution is 2.22. The zero-order valence-electron chi connectivity index (χ0n) is 10.0. The highest BCUT2D eigenvalue weighted by molar-refractivity contribution is 5.22. The molecule has 0 saturated carbocycles. The molecule has 0 aromatic heterocycles. The minimum atomic E-state index is -0.257. The van der Waals surface area contributed by atoms with Crippen LogP contribution in [0.3, 0.4) is 0 Å². The number of rotatable bonds is 4. The molecule has 1 aromatic carbocycles. The fraction of sp³-hybridized carbons (Fsp3) is 0.538. The van der Waals surface area contributed by atoms with Crippen molar-refractivity contribution in [3.8, 4) is 5.75 Å². The molecule has 94 valence electrons. The predicted octanol–water partition coefficient (Wildman–Crippen LogP) is 1.97. The first-order valence-electron chi connectivity index (χ1n) is 5.88. The summed E-state index contributed by atoms with van der Waals surface area (Å²) in [6.07, 6.45) is 2.07. The molecule has 1 aromatic rings. The van der Waals surface area contributed by atoms with E-state index in [4.69, 9.17) is 9.47 Å². The molecule has 0 bridgehead atoms. The smallest absolute Gasteiger partial charge is 0.123 e. The lowest BCUT2D eigenvalue weighted by Crippen LogP contribution is -2.51. The minimum Gasteiger partial charge on any atom is -0.491 e. The van der Waals surface area contributed by atoms with Crippen molar-refractivity contribution < 1.29 is 13.9 Å². The monoisotopic (exact) mass is 239 g/mol. The average Bonchev–Trinajstić information content (AvgIpc) is 2.39. The van der Waals surface area contributed by atoms with Crippen LogP contribution in [-0.4, -0.2) is 32.4 Å². The Morgan fingerprint density at radius 3 is 2.71 bits per heavy atom.